The van der Waals surface area contributed by atoms with Crippen molar-refractivity contribution in [3.63, 3.8) is 0 Å². The number of nitrogens with two attached hydrogens (primary N) is 1. The molecule has 1 heterocycles. The van der Waals surface area contributed by atoms with Crippen molar-refractivity contribution in [3.05, 3.63) is 29.8 Å². The van der Waals surface area contributed by atoms with Crippen molar-refractivity contribution in [3.8, 4) is 0 Å². The third-order valence-corrected chi connectivity index (χ3v) is 3.47. The van der Waals surface area contributed by atoms with Crippen molar-refractivity contribution in [1.29, 1.82) is 0 Å². The monoisotopic (exact) mass is 290 g/mol. The van der Waals surface area contributed by atoms with Crippen LogP contribution in [0.15, 0.2) is 24.3 Å². The lowest BCUT2D eigenvalue weighted by Gasteiger charge is -2.16. The van der Waals surface area contributed by atoms with Gasteiger partial charge in [-0.2, -0.15) is 0 Å². The second-order valence-electron chi connectivity index (χ2n) is 5.00. The zero-order valence-corrected chi connectivity index (χ0v) is 11.9. The van der Waals surface area contributed by atoms with Gasteiger partial charge in [-0.25, -0.2) is 0 Å². The van der Waals surface area contributed by atoms with Gasteiger partial charge in [0.2, 0.25) is 5.91 Å². The number of anilines is 1. The Morgan fingerprint density at radius 3 is 2.57 bits per heavy atom. The number of carbonyl (C=O) groups is 3. The molecular weight excluding hydrogens is 272 g/mol. The molecular formula is C15H18N2O4. The molecule has 2 rings (SSSR count). The van der Waals surface area contributed by atoms with Gasteiger partial charge in [0.05, 0.1) is 5.92 Å². The van der Waals surface area contributed by atoms with E-state index in [1.165, 1.54) is 5.56 Å². The first-order chi connectivity index (χ1) is 10.0. The summed E-state index contributed by atoms with van der Waals surface area (Å²) in [6, 6.07) is 7.66. The van der Waals surface area contributed by atoms with Gasteiger partial charge in [-0.15, -0.1) is 0 Å². The first kappa shape index (κ1) is 15.0. The molecule has 6 nitrogen and oxygen atoms in total. The van der Waals surface area contributed by atoms with E-state index in [1.807, 2.05) is 24.3 Å². The molecule has 1 saturated heterocycles. The van der Waals surface area contributed by atoms with E-state index >= 15 is 0 Å². The van der Waals surface area contributed by atoms with Gasteiger partial charge < -0.3 is 15.4 Å². The topological polar surface area (TPSA) is 89.7 Å². The quantitative estimate of drug-likeness (QED) is 0.805. The smallest absolute Gasteiger partial charge is 0.311 e. The number of nitrogens with zero attached hydrogens (tertiary/aromatic N) is 1. The van der Waals surface area contributed by atoms with Crippen molar-refractivity contribution in [2.45, 2.75) is 19.8 Å². The van der Waals surface area contributed by atoms with Crippen molar-refractivity contribution in [2.24, 2.45) is 11.7 Å². The summed E-state index contributed by atoms with van der Waals surface area (Å²) in [4.78, 5) is 35.9. The Hall–Kier alpha value is -2.37. The Morgan fingerprint density at radius 2 is 2.00 bits per heavy atom. The Bertz CT molecular complexity index is 553. The van der Waals surface area contributed by atoms with E-state index in [2.05, 4.69) is 6.92 Å². The van der Waals surface area contributed by atoms with Crippen LogP contribution in [0.3, 0.4) is 0 Å². The van der Waals surface area contributed by atoms with Gasteiger partial charge in [0, 0.05) is 18.7 Å². The van der Waals surface area contributed by atoms with E-state index in [-0.39, 0.29) is 18.9 Å². The number of hydrogen-bond acceptors (Lipinski definition) is 4. The fourth-order valence-electron chi connectivity index (χ4n) is 2.29. The molecule has 1 atom stereocenters. The third-order valence-electron chi connectivity index (χ3n) is 3.47. The lowest BCUT2D eigenvalue weighted by atomic mass is 10.1. The van der Waals surface area contributed by atoms with E-state index in [0.717, 1.165) is 12.1 Å². The standard InChI is InChI=1S/C15H18N2O4/c1-2-10-3-5-12(6-4-10)17-8-11(7-14(17)19)15(20)21-9-13(16)18/h3-6,11H,2,7-9H2,1H3,(H2,16,18)/t11-/m0/s1. The normalized spacial score (nSPS) is 17.9. The van der Waals surface area contributed by atoms with E-state index in [4.69, 9.17) is 10.5 Å². The molecule has 1 aliphatic rings. The number of aryl methyl sites for hydroxylation is 1. The Kier molecular flexibility index (Phi) is 4.57. The van der Waals surface area contributed by atoms with Gasteiger partial charge >= 0.3 is 5.97 Å². The highest BCUT2D eigenvalue weighted by molar-refractivity contribution is 5.99. The minimum Gasteiger partial charge on any atom is -0.455 e. The van der Waals surface area contributed by atoms with Crippen LogP contribution in [-0.2, 0) is 25.5 Å². The van der Waals surface area contributed by atoms with Crippen LogP contribution in [0.2, 0.25) is 0 Å². The van der Waals surface area contributed by atoms with Crippen LogP contribution < -0.4 is 10.6 Å². The summed E-state index contributed by atoms with van der Waals surface area (Å²) in [6.07, 6.45) is 1.02. The van der Waals surface area contributed by atoms with Gasteiger partial charge in [-0.3, -0.25) is 14.4 Å². The van der Waals surface area contributed by atoms with Crippen LogP contribution in [0.5, 0.6) is 0 Å². The lowest BCUT2D eigenvalue weighted by molar-refractivity contribution is -0.151. The first-order valence-corrected chi connectivity index (χ1v) is 6.85. The number of benzene rings is 1. The highest BCUT2D eigenvalue weighted by atomic mass is 16.5. The van der Waals surface area contributed by atoms with Crippen LogP contribution in [0.25, 0.3) is 0 Å². The summed E-state index contributed by atoms with van der Waals surface area (Å²) in [6.45, 7) is 1.87. The summed E-state index contributed by atoms with van der Waals surface area (Å²) in [5, 5.41) is 0. The summed E-state index contributed by atoms with van der Waals surface area (Å²) >= 11 is 0. The minimum absolute atomic E-state index is 0.0904. The Balaban J connectivity index is 2.01. The molecule has 112 valence electrons. The third kappa shape index (κ3) is 3.59. The molecule has 2 N–H and O–H groups in total. The maximum atomic E-state index is 12.0. The average Bonchev–Trinajstić information content (AvgIpc) is 2.87. The van der Waals surface area contributed by atoms with Gasteiger partial charge in [0.1, 0.15) is 0 Å². The molecule has 0 bridgehead atoms. The molecule has 21 heavy (non-hydrogen) atoms. The number of primary amides is 1. The van der Waals surface area contributed by atoms with E-state index < -0.39 is 24.4 Å². The number of rotatable bonds is 5. The summed E-state index contributed by atoms with van der Waals surface area (Å²) < 4.78 is 4.76. The molecule has 1 fully saturated rings. The number of hydrogen-bond donors (Lipinski definition) is 1. The summed E-state index contributed by atoms with van der Waals surface area (Å²) in [5.41, 5.74) is 6.87. The second-order valence-corrected chi connectivity index (χ2v) is 5.00. The fraction of sp³-hybridized carbons (Fsp3) is 0.400. The highest BCUT2D eigenvalue weighted by Crippen LogP contribution is 2.26. The molecule has 1 aromatic rings. The van der Waals surface area contributed by atoms with Gasteiger partial charge in [-0.1, -0.05) is 19.1 Å². The Labute approximate surface area is 122 Å². The number of carbonyl (C=O) groups excluding carboxylic acids is 3. The van der Waals surface area contributed by atoms with Crippen LogP contribution in [-0.4, -0.2) is 30.9 Å². The Morgan fingerprint density at radius 1 is 1.33 bits per heavy atom. The van der Waals surface area contributed by atoms with Crippen LogP contribution in [0.4, 0.5) is 5.69 Å². The number of esters is 1. The average molecular weight is 290 g/mol. The first-order valence-electron chi connectivity index (χ1n) is 6.85. The highest BCUT2D eigenvalue weighted by Gasteiger charge is 2.36. The van der Waals surface area contributed by atoms with Gasteiger partial charge in [0.15, 0.2) is 6.61 Å². The molecule has 0 unspecified atom stereocenters. The lowest BCUT2D eigenvalue weighted by Crippen LogP contribution is -2.28. The van der Waals surface area contributed by atoms with Crippen LogP contribution >= 0.6 is 0 Å². The minimum atomic E-state index is -0.709. The molecule has 2 amide bonds. The zero-order chi connectivity index (χ0) is 15.4. The van der Waals surface area contributed by atoms with Gasteiger partial charge in [0.25, 0.3) is 5.91 Å². The number of ether oxygens (including phenoxy) is 1. The molecule has 1 aliphatic heterocycles. The number of amides is 2. The molecule has 0 spiro atoms. The van der Waals surface area contributed by atoms with E-state index in [1.54, 1.807) is 4.90 Å². The maximum Gasteiger partial charge on any atom is 0.311 e. The molecule has 0 radical (unpaired) electrons. The van der Waals surface area contributed by atoms with Crippen molar-refractivity contribution in [1.82, 2.24) is 0 Å². The molecule has 0 aromatic heterocycles. The summed E-state index contributed by atoms with van der Waals surface area (Å²) in [5.74, 6) is -1.95. The zero-order valence-electron chi connectivity index (χ0n) is 11.9. The van der Waals surface area contributed by atoms with Crippen molar-refractivity contribution in [2.75, 3.05) is 18.1 Å². The largest absolute Gasteiger partial charge is 0.455 e. The molecule has 6 heteroatoms. The molecule has 0 aliphatic carbocycles. The molecule has 1 aromatic carbocycles. The molecule has 0 saturated carbocycles. The van der Waals surface area contributed by atoms with Crippen molar-refractivity contribution >= 4 is 23.5 Å². The van der Waals surface area contributed by atoms with Gasteiger partial charge in [-0.05, 0) is 24.1 Å². The van der Waals surface area contributed by atoms with Crippen LogP contribution in [0.1, 0.15) is 18.9 Å². The second kappa shape index (κ2) is 6.39. The summed E-state index contributed by atoms with van der Waals surface area (Å²) in [7, 11) is 0. The van der Waals surface area contributed by atoms with Crippen LogP contribution in [0, 0.1) is 5.92 Å². The van der Waals surface area contributed by atoms with E-state index in [0.29, 0.717) is 0 Å². The maximum absolute atomic E-state index is 12.0. The SMILES string of the molecule is CCc1ccc(N2C[C@@H](C(=O)OCC(N)=O)CC2=O)cc1. The van der Waals surface area contributed by atoms with Crippen molar-refractivity contribution < 1.29 is 19.1 Å². The predicted octanol–water partition coefficient (Wildman–Crippen LogP) is 0.630. The fourth-order valence-corrected chi connectivity index (χ4v) is 2.29. The predicted molar refractivity (Wildman–Crippen MR) is 76.4 cm³/mol. The van der Waals surface area contributed by atoms with E-state index in [9.17, 15) is 14.4 Å².